The van der Waals surface area contributed by atoms with Gasteiger partial charge in [-0.15, -0.1) is 0 Å². The summed E-state index contributed by atoms with van der Waals surface area (Å²) in [6.07, 6.45) is 0. The van der Waals surface area contributed by atoms with Crippen LogP contribution in [0.5, 0.6) is 0 Å². The van der Waals surface area contributed by atoms with Gasteiger partial charge in [-0.2, -0.15) is 5.10 Å². The SMILES string of the molecule is NN=c1c2ccccc2oc2ccccc12. The maximum Gasteiger partial charge on any atom is 0.136 e. The maximum atomic E-state index is 5.77. The summed E-state index contributed by atoms with van der Waals surface area (Å²) in [6, 6.07) is 15.5. The average Bonchev–Trinajstić information content (AvgIpc) is 2.36. The van der Waals surface area contributed by atoms with Gasteiger partial charge in [0.2, 0.25) is 0 Å². The molecule has 3 heteroatoms. The van der Waals surface area contributed by atoms with Crippen LogP contribution >= 0.6 is 0 Å². The molecule has 0 saturated carbocycles. The smallest absolute Gasteiger partial charge is 0.136 e. The van der Waals surface area contributed by atoms with Crippen molar-refractivity contribution in [2.45, 2.75) is 0 Å². The van der Waals surface area contributed by atoms with E-state index in [1.807, 2.05) is 48.5 Å². The van der Waals surface area contributed by atoms with Crippen molar-refractivity contribution in [1.29, 1.82) is 0 Å². The molecule has 2 N–H and O–H groups in total. The molecule has 3 nitrogen and oxygen atoms in total. The molecule has 0 amide bonds. The highest BCUT2D eigenvalue weighted by atomic mass is 16.3. The average molecular weight is 210 g/mol. The van der Waals surface area contributed by atoms with Gasteiger partial charge in [0.15, 0.2) is 0 Å². The minimum atomic E-state index is 0.775. The molecule has 0 saturated heterocycles. The van der Waals surface area contributed by atoms with Crippen molar-refractivity contribution in [3.05, 3.63) is 53.9 Å². The van der Waals surface area contributed by atoms with Crippen LogP contribution in [0, 0.1) is 0 Å². The standard InChI is InChI=1S/C13H10N2O/c14-15-13-9-5-1-3-7-11(9)16-12-8-4-2-6-10(12)13/h1-8H,14H2. The van der Waals surface area contributed by atoms with Gasteiger partial charge in [0.05, 0.1) is 0 Å². The Kier molecular flexibility index (Phi) is 1.90. The molecular weight excluding hydrogens is 200 g/mol. The Bertz CT molecular complexity index is 671. The number of benzene rings is 2. The molecule has 16 heavy (non-hydrogen) atoms. The number of hydrogen-bond acceptors (Lipinski definition) is 3. The minimum Gasteiger partial charge on any atom is -0.456 e. The van der Waals surface area contributed by atoms with Gasteiger partial charge in [-0.25, -0.2) is 0 Å². The first-order valence-electron chi connectivity index (χ1n) is 5.04. The van der Waals surface area contributed by atoms with Crippen molar-refractivity contribution in [2.24, 2.45) is 10.9 Å². The Morgan fingerprint density at radius 2 is 1.31 bits per heavy atom. The van der Waals surface area contributed by atoms with E-state index in [4.69, 9.17) is 10.3 Å². The topological polar surface area (TPSA) is 51.5 Å². The van der Waals surface area contributed by atoms with Crippen LogP contribution in [-0.4, -0.2) is 0 Å². The van der Waals surface area contributed by atoms with E-state index in [2.05, 4.69) is 5.10 Å². The summed E-state index contributed by atoms with van der Waals surface area (Å²) < 4.78 is 5.77. The predicted octanol–water partition coefficient (Wildman–Crippen LogP) is 2.36. The van der Waals surface area contributed by atoms with Crippen LogP contribution in [0.2, 0.25) is 0 Å². The summed E-state index contributed by atoms with van der Waals surface area (Å²) in [4.78, 5) is 0. The molecule has 0 aliphatic carbocycles. The zero-order valence-electron chi connectivity index (χ0n) is 8.55. The Morgan fingerprint density at radius 1 is 0.812 bits per heavy atom. The van der Waals surface area contributed by atoms with E-state index in [9.17, 15) is 0 Å². The normalized spacial score (nSPS) is 10.8. The second-order valence-corrected chi connectivity index (χ2v) is 3.57. The predicted molar refractivity (Wildman–Crippen MR) is 63.5 cm³/mol. The van der Waals surface area contributed by atoms with Crippen molar-refractivity contribution >= 4 is 21.9 Å². The number of nitrogens with zero attached hydrogens (tertiary/aromatic N) is 1. The van der Waals surface area contributed by atoms with Crippen LogP contribution in [0.1, 0.15) is 0 Å². The van der Waals surface area contributed by atoms with E-state index in [1.165, 1.54) is 0 Å². The Balaban J connectivity index is 2.68. The number of rotatable bonds is 0. The van der Waals surface area contributed by atoms with Crippen molar-refractivity contribution < 1.29 is 4.42 Å². The second kappa shape index (κ2) is 3.38. The van der Waals surface area contributed by atoms with E-state index in [1.54, 1.807) is 0 Å². The third-order valence-electron chi connectivity index (χ3n) is 2.63. The fraction of sp³-hybridized carbons (Fsp3) is 0. The van der Waals surface area contributed by atoms with E-state index in [0.717, 1.165) is 27.3 Å². The fourth-order valence-electron chi connectivity index (χ4n) is 1.91. The van der Waals surface area contributed by atoms with Crippen molar-refractivity contribution in [2.75, 3.05) is 0 Å². The molecule has 0 atom stereocenters. The summed E-state index contributed by atoms with van der Waals surface area (Å²) in [5.41, 5.74) is 1.59. The van der Waals surface area contributed by atoms with Crippen LogP contribution in [0.4, 0.5) is 0 Å². The highest BCUT2D eigenvalue weighted by Crippen LogP contribution is 2.17. The molecule has 0 bridgehead atoms. The van der Waals surface area contributed by atoms with E-state index in [-0.39, 0.29) is 0 Å². The Hall–Kier alpha value is -2.29. The van der Waals surface area contributed by atoms with Crippen molar-refractivity contribution in [3.8, 4) is 0 Å². The number of nitrogens with two attached hydrogens (primary N) is 1. The lowest BCUT2D eigenvalue weighted by Gasteiger charge is -2.02. The zero-order valence-corrected chi connectivity index (χ0v) is 8.55. The van der Waals surface area contributed by atoms with Crippen molar-refractivity contribution in [1.82, 2.24) is 0 Å². The summed E-state index contributed by atoms with van der Waals surface area (Å²) in [5, 5.41) is 6.51. The third kappa shape index (κ3) is 1.18. The molecule has 1 heterocycles. The third-order valence-corrected chi connectivity index (χ3v) is 2.63. The van der Waals surface area contributed by atoms with Gasteiger partial charge in [0, 0.05) is 10.8 Å². The summed E-state index contributed by atoms with van der Waals surface area (Å²) in [5.74, 6) is 5.47. The molecule has 0 radical (unpaired) electrons. The van der Waals surface area contributed by atoms with Gasteiger partial charge >= 0.3 is 0 Å². The summed E-state index contributed by atoms with van der Waals surface area (Å²) in [7, 11) is 0. The largest absolute Gasteiger partial charge is 0.456 e. The van der Waals surface area contributed by atoms with Crippen LogP contribution in [-0.2, 0) is 0 Å². The van der Waals surface area contributed by atoms with Gasteiger partial charge in [-0.3, -0.25) is 0 Å². The van der Waals surface area contributed by atoms with Crippen LogP contribution in [0.25, 0.3) is 21.9 Å². The molecule has 3 aromatic rings. The highest BCUT2D eigenvalue weighted by molar-refractivity contribution is 5.89. The molecule has 0 fully saturated rings. The van der Waals surface area contributed by atoms with E-state index < -0.39 is 0 Å². The van der Waals surface area contributed by atoms with Crippen LogP contribution < -0.4 is 11.2 Å². The number of hydrogen-bond donors (Lipinski definition) is 1. The first-order valence-corrected chi connectivity index (χ1v) is 5.04. The maximum absolute atomic E-state index is 5.77. The molecule has 78 valence electrons. The quantitative estimate of drug-likeness (QED) is 0.352. The molecule has 3 rings (SSSR count). The molecule has 1 aromatic heterocycles. The van der Waals surface area contributed by atoms with Gasteiger partial charge in [-0.1, -0.05) is 24.3 Å². The molecule has 0 aliphatic rings. The molecular formula is C13H10N2O. The van der Waals surface area contributed by atoms with E-state index >= 15 is 0 Å². The molecule has 0 aliphatic heterocycles. The van der Waals surface area contributed by atoms with Gasteiger partial charge in [0.1, 0.15) is 16.5 Å². The fourth-order valence-corrected chi connectivity index (χ4v) is 1.91. The Labute approximate surface area is 91.8 Å². The van der Waals surface area contributed by atoms with Crippen LogP contribution in [0.3, 0.4) is 0 Å². The molecule has 2 aromatic carbocycles. The minimum absolute atomic E-state index is 0.775. The van der Waals surface area contributed by atoms with Gasteiger partial charge in [0.25, 0.3) is 0 Å². The highest BCUT2D eigenvalue weighted by Gasteiger charge is 2.03. The van der Waals surface area contributed by atoms with Gasteiger partial charge < -0.3 is 10.3 Å². The lowest BCUT2D eigenvalue weighted by Crippen LogP contribution is -2.07. The second-order valence-electron chi connectivity index (χ2n) is 3.57. The zero-order chi connectivity index (χ0) is 11.0. The lowest BCUT2D eigenvalue weighted by molar-refractivity contribution is 0.659. The van der Waals surface area contributed by atoms with Crippen LogP contribution in [0.15, 0.2) is 58.0 Å². The summed E-state index contributed by atoms with van der Waals surface area (Å²) >= 11 is 0. The van der Waals surface area contributed by atoms with E-state index in [0.29, 0.717) is 0 Å². The monoisotopic (exact) mass is 210 g/mol. The number of para-hydroxylation sites is 2. The molecule has 0 unspecified atom stereocenters. The Morgan fingerprint density at radius 3 is 1.81 bits per heavy atom. The first-order chi connectivity index (χ1) is 7.90. The molecule has 0 spiro atoms. The summed E-state index contributed by atoms with van der Waals surface area (Å²) in [6.45, 7) is 0. The number of fused-ring (bicyclic) bond motifs is 2. The van der Waals surface area contributed by atoms with Crippen molar-refractivity contribution in [3.63, 3.8) is 0 Å². The van der Waals surface area contributed by atoms with Gasteiger partial charge in [-0.05, 0) is 24.3 Å². The first kappa shape index (κ1) is 8.97. The lowest BCUT2D eigenvalue weighted by atomic mass is 10.1.